The Labute approximate surface area is 71.0 Å². The zero-order valence-corrected chi connectivity index (χ0v) is 6.90. The lowest BCUT2D eigenvalue weighted by Crippen LogP contribution is -2.12. The number of nitrogens with zero attached hydrogens (tertiary/aromatic N) is 1. The summed E-state index contributed by atoms with van der Waals surface area (Å²) in [5, 5.41) is 9.26. The van der Waals surface area contributed by atoms with E-state index in [0.29, 0.717) is 11.4 Å². The number of pyridine rings is 1. The van der Waals surface area contributed by atoms with Crippen LogP contribution in [0.15, 0.2) is 18.3 Å². The smallest absolute Gasteiger partial charge is 0.137 e. The minimum Gasteiger partial charge on any atom is -0.495 e. The summed E-state index contributed by atoms with van der Waals surface area (Å²) in [7, 11) is 1.57. The Balaban J connectivity index is 2.77. The van der Waals surface area contributed by atoms with Crippen molar-refractivity contribution in [3.05, 3.63) is 24.0 Å². The van der Waals surface area contributed by atoms with Crippen LogP contribution in [0, 0.1) is 0 Å². The summed E-state index contributed by atoms with van der Waals surface area (Å²) in [6.07, 6.45) is 0.865. The zero-order chi connectivity index (χ0) is 8.97. The molecule has 0 aromatic carbocycles. The summed E-state index contributed by atoms with van der Waals surface area (Å²) in [4.78, 5) is 3.97. The molecule has 1 rings (SSSR count). The fraction of sp³-hybridized carbons (Fsp3) is 0.375. The second-order valence-electron chi connectivity index (χ2n) is 2.37. The van der Waals surface area contributed by atoms with Gasteiger partial charge >= 0.3 is 0 Å². The zero-order valence-electron chi connectivity index (χ0n) is 6.90. The second-order valence-corrected chi connectivity index (χ2v) is 2.37. The van der Waals surface area contributed by atoms with Crippen molar-refractivity contribution in [2.45, 2.75) is 6.10 Å². The molecule has 0 aliphatic rings. The van der Waals surface area contributed by atoms with Crippen LogP contribution in [0.5, 0.6) is 5.75 Å². The van der Waals surface area contributed by atoms with Gasteiger partial charge in [-0.1, -0.05) is 0 Å². The van der Waals surface area contributed by atoms with Gasteiger partial charge in [0.25, 0.3) is 0 Å². The minimum atomic E-state index is -0.684. The molecule has 1 aromatic heterocycles. The predicted octanol–water partition coefficient (Wildman–Crippen LogP) is 0.0823. The number of methoxy groups -OCH3 is 1. The molecular weight excluding hydrogens is 156 g/mol. The Morgan fingerprint density at radius 3 is 2.83 bits per heavy atom. The standard InChI is InChI=1S/C8H12N2O2/c1-12-6-2-3-7(10-5-6)8(11)4-9/h2-3,5,8,11H,4,9H2,1H3/t8-/m0/s1. The van der Waals surface area contributed by atoms with Gasteiger partial charge < -0.3 is 15.6 Å². The highest BCUT2D eigenvalue weighted by molar-refractivity contribution is 5.20. The van der Waals surface area contributed by atoms with Crippen LogP contribution in [0.3, 0.4) is 0 Å². The van der Waals surface area contributed by atoms with Crippen molar-refractivity contribution >= 4 is 0 Å². The molecule has 0 radical (unpaired) electrons. The molecule has 0 fully saturated rings. The quantitative estimate of drug-likeness (QED) is 0.670. The highest BCUT2D eigenvalue weighted by atomic mass is 16.5. The third-order valence-corrected chi connectivity index (χ3v) is 1.56. The largest absolute Gasteiger partial charge is 0.495 e. The maximum absolute atomic E-state index is 9.26. The van der Waals surface area contributed by atoms with Gasteiger partial charge in [0.15, 0.2) is 0 Å². The van der Waals surface area contributed by atoms with Crippen LogP contribution >= 0.6 is 0 Å². The van der Waals surface area contributed by atoms with Gasteiger partial charge in [-0.3, -0.25) is 4.98 Å². The van der Waals surface area contributed by atoms with Gasteiger partial charge in [-0.25, -0.2) is 0 Å². The van der Waals surface area contributed by atoms with E-state index >= 15 is 0 Å². The van der Waals surface area contributed by atoms with Crippen molar-refractivity contribution in [1.82, 2.24) is 4.98 Å². The van der Waals surface area contributed by atoms with Crippen LogP contribution in [-0.4, -0.2) is 23.7 Å². The summed E-state index contributed by atoms with van der Waals surface area (Å²) in [6, 6.07) is 3.43. The Bertz CT molecular complexity index is 235. The molecule has 0 unspecified atom stereocenters. The number of hydrogen-bond donors (Lipinski definition) is 2. The predicted molar refractivity (Wildman–Crippen MR) is 44.8 cm³/mol. The molecule has 0 bridgehead atoms. The molecule has 1 atom stereocenters. The van der Waals surface area contributed by atoms with E-state index in [-0.39, 0.29) is 6.54 Å². The lowest BCUT2D eigenvalue weighted by Gasteiger charge is -2.06. The van der Waals surface area contributed by atoms with Crippen LogP contribution in [-0.2, 0) is 0 Å². The van der Waals surface area contributed by atoms with E-state index in [1.54, 1.807) is 25.4 Å². The molecule has 0 amide bonds. The minimum absolute atomic E-state index is 0.180. The molecule has 0 saturated carbocycles. The summed E-state index contributed by atoms with van der Waals surface area (Å²) < 4.78 is 4.91. The van der Waals surface area contributed by atoms with Crippen LogP contribution in [0.4, 0.5) is 0 Å². The number of aliphatic hydroxyl groups excluding tert-OH is 1. The summed E-state index contributed by atoms with van der Waals surface area (Å²) >= 11 is 0. The first-order chi connectivity index (χ1) is 5.77. The van der Waals surface area contributed by atoms with E-state index in [0.717, 1.165) is 0 Å². The summed E-state index contributed by atoms with van der Waals surface area (Å²) in [6.45, 7) is 0.180. The monoisotopic (exact) mass is 168 g/mol. The third-order valence-electron chi connectivity index (χ3n) is 1.56. The van der Waals surface area contributed by atoms with Crippen LogP contribution in [0.25, 0.3) is 0 Å². The number of aliphatic hydroxyl groups is 1. The molecule has 0 aliphatic carbocycles. The topological polar surface area (TPSA) is 68.4 Å². The Kier molecular flexibility index (Phi) is 3.01. The molecule has 3 N–H and O–H groups in total. The van der Waals surface area contributed by atoms with Crippen LogP contribution < -0.4 is 10.5 Å². The first-order valence-corrected chi connectivity index (χ1v) is 3.66. The van der Waals surface area contributed by atoms with E-state index in [2.05, 4.69) is 4.98 Å². The highest BCUT2D eigenvalue weighted by Crippen LogP contribution is 2.12. The normalized spacial score (nSPS) is 12.6. The SMILES string of the molecule is COc1ccc([C@@H](O)CN)nc1. The van der Waals surface area contributed by atoms with Crippen molar-refractivity contribution in [1.29, 1.82) is 0 Å². The number of aromatic nitrogens is 1. The summed E-state index contributed by atoms with van der Waals surface area (Å²) in [5.74, 6) is 0.669. The molecule has 0 spiro atoms. The molecule has 12 heavy (non-hydrogen) atoms. The van der Waals surface area contributed by atoms with Crippen molar-refractivity contribution in [3.63, 3.8) is 0 Å². The fourth-order valence-electron chi connectivity index (χ4n) is 0.830. The molecule has 0 saturated heterocycles. The maximum atomic E-state index is 9.26. The van der Waals surface area contributed by atoms with Gasteiger partial charge in [0, 0.05) is 6.54 Å². The molecule has 4 heteroatoms. The molecule has 1 heterocycles. The number of nitrogens with two attached hydrogens (primary N) is 1. The third kappa shape index (κ3) is 1.93. The molecule has 4 nitrogen and oxygen atoms in total. The maximum Gasteiger partial charge on any atom is 0.137 e. The molecule has 66 valence electrons. The van der Waals surface area contributed by atoms with Gasteiger partial charge in [-0.05, 0) is 12.1 Å². The highest BCUT2D eigenvalue weighted by Gasteiger charge is 2.05. The average Bonchev–Trinajstić information content (AvgIpc) is 2.17. The van der Waals surface area contributed by atoms with Gasteiger partial charge in [-0.15, -0.1) is 0 Å². The molecule has 1 aromatic rings. The number of rotatable bonds is 3. The molecular formula is C8H12N2O2. The molecule has 0 aliphatic heterocycles. The van der Waals surface area contributed by atoms with Crippen molar-refractivity contribution in [2.75, 3.05) is 13.7 Å². The Hall–Kier alpha value is -1.13. The van der Waals surface area contributed by atoms with Crippen molar-refractivity contribution in [2.24, 2.45) is 5.73 Å². The second kappa shape index (κ2) is 4.04. The first-order valence-electron chi connectivity index (χ1n) is 3.66. The fourth-order valence-corrected chi connectivity index (χ4v) is 0.830. The van der Waals surface area contributed by atoms with Gasteiger partial charge in [-0.2, -0.15) is 0 Å². The average molecular weight is 168 g/mol. The lowest BCUT2D eigenvalue weighted by molar-refractivity contribution is 0.181. The van der Waals surface area contributed by atoms with Crippen LogP contribution in [0.2, 0.25) is 0 Å². The van der Waals surface area contributed by atoms with Crippen LogP contribution in [0.1, 0.15) is 11.8 Å². The van der Waals surface area contributed by atoms with Gasteiger partial charge in [0.1, 0.15) is 11.9 Å². The van der Waals surface area contributed by atoms with Gasteiger partial charge in [0.05, 0.1) is 19.0 Å². The first kappa shape index (κ1) is 8.96. The van der Waals surface area contributed by atoms with Gasteiger partial charge in [0.2, 0.25) is 0 Å². The van der Waals surface area contributed by atoms with E-state index < -0.39 is 6.10 Å². The van der Waals surface area contributed by atoms with E-state index in [1.807, 2.05) is 0 Å². The van der Waals surface area contributed by atoms with E-state index in [9.17, 15) is 5.11 Å². The lowest BCUT2D eigenvalue weighted by atomic mass is 10.2. The van der Waals surface area contributed by atoms with E-state index in [1.165, 1.54) is 0 Å². The number of hydrogen-bond acceptors (Lipinski definition) is 4. The van der Waals surface area contributed by atoms with E-state index in [4.69, 9.17) is 10.5 Å². The number of ether oxygens (including phenoxy) is 1. The summed E-state index contributed by atoms with van der Waals surface area (Å²) in [5.41, 5.74) is 5.82. The van der Waals surface area contributed by atoms with Crippen molar-refractivity contribution in [3.8, 4) is 5.75 Å². The van der Waals surface area contributed by atoms with Crippen molar-refractivity contribution < 1.29 is 9.84 Å². The Morgan fingerprint density at radius 2 is 2.42 bits per heavy atom. The Morgan fingerprint density at radius 1 is 1.67 bits per heavy atom.